The quantitative estimate of drug-likeness (QED) is 0.813. The number of hydrogen-bond donors (Lipinski definition) is 1. The lowest BCUT2D eigenvalue weighted by atomic mass is 9.88. The maximum Gasteiger partial charge on any atom is 0.416 e. The molecule has 1 N–H and O–H groups in total. The first-order valence-corrected chi connectivity index (χ1v) is 10.5. The Labute approximate surface area is 165 Å². The van der Waals surface area contributed by atoms with Crippen molar-refractivity contribution in [3.63, 3.8) is 0 Å². The van der Waals surface area contributed by atoms with Crippen LogP contribution in [-0.4, -0.2) is 31.4 Å². The number of hydrogen-bond acceptors (Lipinski definition) is 4. The minimum absolute atomic E-state index is 0.0535. The third-order valence-corrected chi connectivity index (χ3v) is 5.18. The Morgan fingerprint density at radius 2 is 1.86 bits per heavy atom. The lowest BCUT2D eigenvalue weighted by molar-refractivity contribution is -0.137. The molecule has 156 valence electrons. The van der Waals surface area contributed by atoms with Gasteiger partial charge in [-0.1, -0.05) is 6.07 Å². The van der Waals surface area contributed by atoms with Crippen molar-refractivity contribution in [1.29, 1.82) is 0 Å². The molecule has 1 aromatic carbocycles. The summed E-state index contributed by atoms with van der Waals surface area (Å²) in [5.74, 6) is 0.164. The molecule has 0 saturated heterocycles. The molecule has 0 saturated carbocycles. The molecule has 0 spiro atoms. The smallest absolute Gasteiger partial charge is 0.416 e. The normalized spacial score (nSPS) is 16.3. The lowest BCUT2D eigenvalue weighted by Crippen LogP contribution is -2.42. The first-order chi connectivity index (χ1) is 13.3. The third kappa shape index (κ3) is 4.38. The van der Waals surface area contributed by atoms with E-state index in [1.54, 1.807) is 19.9 Å². The molecule has 6 nitrogen and oxygen atoms in total. The number of ether oxygens (including phenoxy) is 1. The van der Waals surface area contributed by atoms with Gasteiger partial charge in [-0.2, -0.15) is 13.2 Å². The number of aromatic nitrogens is 1. The van der Waals surface area contributed by atoms with Crippen molar-refractivity contribution in [2.75, 3.05) is 12.8 Å². The van der Waals surface area contributed by atoms with Gasteiger partial charge >= 0.3 is 6.18 Å². The van der Waals surface area contributed by atoms with Crippen LogP contribution in [0.5, 0.6) is 5.75 Å². The summed E-state index contributed by atoms with van der Waals surface area (Å²) >= 11 is 0. The number of benzene rings is 1. The molecule has 2 aromatic rings. The molecular weight excluding hydrogens is 409 g/mol. The molecule has 0 unspecified atom stereocenters. The van der Waals surface area contributed by atoms with Gasteiger partial charge in [0.1, 0.15) is 11.4 Å². The van der Waals surface area contributed by atoms with Crippen molar-refractivity contribution in [3.05, 3.63) is 69.6 Å². The third-order valence-electron chi connectivity index (χ3n) is 4.51. The number of pyridine rings is 1. The summed E-state index contributed by atoms with van der Waals surface area (Å²) in [6.45, 7) is 3.07. The summed E-state index contributed by atoms with van der Waals surface area (Å²) in [4.78, 5) is 12.5. The zero-order valence-electron chi connectivity index (χ0n) is 15.9. The van der Waals surface area contributed by atoms with Crippen LogP contribution in [0.3, 0.4) is 0 Å². The van der Waals surface area contributed by atoms with Gasteiger partial charge in [-0.3, -0.25) is 9.36 Å². The van der Waals surface area contributed by atoms with Crippen LogP contribution in [0, 0.1) is 0 Å². The topological polar surface area (TPSA) is 77.4 Å². The number of rotatable bonds is 4. The van der Waals surface area contributed by atoms with Crippen LogP contribution in [0.2, 0.25) is 0 Å². The number of nitrogens with zero attached hydrogens (tertiary/aromatic N) is 1. The van der Waals surface area contributed by atoms with Crippen LogP contribution in [0.25, 0.3) is 5.70 Å². The average Bonchev–Trinajstić information content (AvgIpc) is 2.57. The number of halogens is 3. The summed E-state index contributed by atoms with van der Waals surface area (Å²) in [6, 6.07) is 7.34. The van der Waals surface area contributed by atoms with E-state index in [0.717, 1.165) is 18.4 Å². The van der Waals surface area contributed by atoms with Crippen molar-refractivity contribution >= 4 is 15.7 Å². The van der Waals surface area contributed by atoms with Gasteiger partial charge in [-0.15, -0.1) is 0 Å². The summed E-state index contributed by atoms with van der Waals surface area (Å²) in [7, 11) is -3.61. The Morgan fingerprint density at radius 1 is 1.17 bits per heavy atom. The molecule has 2 heterocycles. The number of fused-ring (bicyclic) bond motifs is 1. The van der Waals surface area contributed by atoms with Crippen molar-refractivity contribution in [3.8, 4) is 5.75 Å². The van der Waals surface area contributed by atoms with Gasteiger partial charge in [-0.05, 0) is 38.1 Å². The molecule has 0 fully saturated rings. The Bertz CT molecular complexity index is 1150. The monoisotopic (exact) mass is 428 g/mol. The molecule has 0 atom stereocenters. The zero-order valence-corrected chi connectivity index (χ0v) is 16.7. The van der Waals surface area contributed by atoms with E-state index in [9.17, 15) is 26.4 Å². The first kappa shape index (κ1) is 21.1. The van der Waals surface area contributed by atoms with E-state index < -0.39 is 32.9 Å². The fourth-order valence-electron chi connectivity index (χ4n) is 3.15. The van der Waals surface area contributed by atoms with E-state index in [1.165, 1.54) is 29.0 Å². The molecule has 10 heteroatoms. The van der Waals surface area contributed by atoms with Crippen LogP contribution in [0.15, 0.2) is 53.0 Å². The van der Waals surface area contributed by atoms with Crippen LogP contribution < -0.4 is 15.0 Å². The van der Waals surface area contributed by atoms with Crippen molar-refractivity contribution in [2.45, 2.75) is 25.6 Å². The molecular formula is C19H19F3N2O4S. The fourth-order valence-corrected chi connectivity index (χ4v) is 3.56. The fraction of sp³-hybridized carbons (Fsp3) is 0.316. The van der Waals surface area contributed by atoms with Crippen LogP contribution >= 0.6 is 0 Å². The minimum Gasteiger partial charge on any atom is -0.483 e. The summed E-state index contributed by atoms with van der Waals surface area (Å²) in [6.07, 6.45) is -2.21. The maximum atomic E-state index is 13.3. The molecule has 1 aliphatic rings. The van der Waals surface area contributed by atoms with E-state index in [4.69, 9.17) is 4.74 Å². The van der Waals surface area contributed by atoms with Gasteiger partial charge in [-0.25, -0.2) is 13.1 Å². The van der Waals surface area contributed by atoms with E-state index in [1.807, 2.05) is 0 Å². The zero-order chi connectivity index (χ0) is 21.6. The van der Waals surface area contributed by atoms with E-state index in [2.05, 4.69) is 4.72 Å². The van der Waals surface area contributed by atoms with Crippen LogP contribution in [-0.2, 0) is 16.2 Å². The minimum atomic E-state index is -4.60. The molecule has 3 rings (SSSR count). The van der Waals surface area contributed by atoms with Crippen LogP contribution in [0.1, 0.15) is 25.0 Å². The number of sulfonamides is 1. The van der Waals surface area contributed by atoms with Crippen LogP contribution in [0.4, 0.5) is 13.2 Å². The van der Waals surface area contributed by atoms with E-state index in [-0.39, 0.29) is 23.6 Å². The Balaban J connectivity index is 2.35. The molecule has 1 aliphatic heterocycles. The molecule has 0 amide bonds. The van der Waals surface area contributed by atoms with Gasteiger partial charge in [0.25, 0.3) is 5.56 Å². The lowest BCUT2D eigenvalue weighted by Gasteiger charge is -2.37. The highest BCUT2D eigenvalue weighted by molar-refractivity contribution is 7.88. The molecule has 0 aliphatic carbocycles. The first-order valence-electron chi connectivity index (χ1n) is 8.56. The van der Waals surface area contributed by atoms with Gasteiger partial charge in [0.05, 0.1) is 17.5 Å². The standard InChI is InChI=1S/C19H19F3N2O4S/c1-18(2)14(11-23-29(3,26)27)17(24-9-5-4-6-16(24)25)13-10-12(19(20,21)22)7-8-15(13)28-18/h4-10,23H,11H2,1-3H3. The van der Waals surface area contributed by atoms with Gasteiger partial charge in [0, 0.05) is 29.9 Å². The number of nitrogens with one attached hydrogen (secondary N) is 1. The van der Waals surface area contributed by atoms with Gasteiger partial charge < -0.3 is 4.74 Å². The summed E-state index contributed by atoms with van der Waals surface area (Å²) < 4.78 is 72.6. The molecule has 1 aromatic heterocycles. The van der Waals surface area contributed by atoms with Gasteiger partial charge in [0.15, 0.2) is 0 Å². The highest BCUT2D eigenvalue weighted by atomic mass is 32.2. The SMILES string of the molecule is CC1(C)Oc2ccc(C(F)(F)F)cc2C(n2ccccc2=O)=C1CNS(C)(=O)=O. The predicted molar refractivity (Wildman–Crippen MR) is 102 cm³/mol. The predicted octanol–water partition coefficient (Wildman–Crippen LogP) is 2.85. The van der Waals surface area contributed by atoms with E-state index >= 15 is 0 Å². The second-order valence-corrected chi connectivity index (χ2v) is 8.98. The Morgan fingerprint density at radius 3 is 2.45 bits per heavy atom. The molecule has 0 radical (unpaired) electrons. The van der Waals surface area contributed by atoms with Gasteiger partial charge in [0.2, 0.25) is 10.0 Å². The Kier molecular flexibility index (Phi) is 5.12. The van der Waals surface area contributed by atoms with Crippen molar-refractivity contribution in [2.24, 2.45) is 0 Å². The van der Waals surface area contributed by atoms with Crippen molar-refractivity contribution in [1.82, 2.24) is 9.29 Å². The summed E-state index contributed by atoms with van der Waals surface area (Å²) in [5.41, 5.74) is -1.93. The molecule has 0 bridgehead atoms. The summed E-state index contributed by atoms with van der Waals surface area (Å²) in [5, 5.41) is 0. The van der Waals surface area contributed by atoms with Crippen molar-refractivity contribution < 1.29 is 26.3 Å². The van der Waals surface area contributed by atoms with E-state index in [0.29, 0.717) is 5.57 Å². The molecule has 29 heavy (non-hydrogen) atoms. The average molecular weight is 428 g/mol. The Hall–Kier alpha value is -2.59. The second kappa shape index (κ2) is 7.03. The highest BCUT2D eigenvalue weighted by Gasteiger charge is 2.38. The largest absolute Gasteiger partial charge is 0.483 e. The number of alkyl halides is 3. The maximum absolute atomic E-state index is 13.3. The highest BCUT2D eigenvalue weighted by Crippen LogP contribution is 2.43. The second-order valence-electron chi connectivity index (χ2n) is 7.15.